The lowest BCUT2D eigenvalue weighted by molar-refractivity contribution is 0.100. The number of nitrogens with zero attached hydrogens (tertiary/aromatic N) is 1. The van der Waals surface area contributed by atoms with E-state index in [9.17, 15) is 8.42 Å². The Morgan fingerprint density at radius 3 is 2.24 bits per heavy atom. The number of hydrogen-bond donors (Lipinski definition) is 1. The molecular formula is C11H23ClN2O2S. The molecule has 0 saturated carbocycles. The van der Waals surface area contributed by atoms with Crippen LogP contribution in [-0.4, -0.2) is 49.6 Å². The molecule has 0 aromatic rings. The maximum absolute atomic E-state index is 11.6. The quantitative estimate of drug-likeness (QED) is 0.793. The largest absolute Gasteiger partial charge is 0.298 e. The van der Waals surface area contributed by atoms with E-state index in [1.165, 1.54) is 0 Å². The van der Waals surface area contributed by atoms with Crippen molar-refractivity contribution >= 4 is 21.6 Å². The van der Waals surface area contributed by atoms with Crippen LogP contribution in [-0.2, 0) is 10.0 Å². The number of hydrogen-bond acceptors (Lipinski definition) is 3. The normalized spacial score (nSPS) is 20.7. The van der Waals surface area contributed by atoms with Gasteiger partial charge in [0.15, 0.2) is 0 Å². The molecule has 102 valence electrons. The van der Waals surface area contributed by atoms with Gasteiger partial charge in [-0.2, -0.15) is 0 Å². The van der Waals surface area contributed by atoms with Crippen LogP contribution >= 0.6 is 11.6 Å². The van der Waals surface area contributed by atoms with Crippen LogP contribution in [0.2, 0.25) is 0 Å². The number of likely N-dealkylation sites (tertiary alicyclic amines) is 1. The van der Waals surface area contributed by atoms with Gasteiger partial charge in [0.1, 0.15) is 0 Å². The number of sulfonamides is 1. The zero-order valence-corrected chi connectivity index (χ0v) is 12.4. The molecule has 0 amide bonds. The first-order valence-corrected chi connectivity index (χ1v) is 8.24. The van der Waals surface area contributed by atoms with E-state index < -0.39 is 10.0 Å². The second kappa shape index (κ2) is 5.87. The van der Waals surface area contributed by atoms with E-state index in [0.717, 1.165) is 25.9 Å². The van der Waals surface area contributed by atoms with Crippen LogP contribution in [0.15, 0.2) is 0 Å². The Morgan fingerprint density at radius 1 is 1.29 bits per heavy atom. The molecule has 0 aliphatic carbocycles. The van der Waals surface area contributed by atoms with Gasteiger partial charge in [-0.25, -0.2) is 13.1 Å². The predicted molar refractivity (Wildman–Crippen MR) is 72.0 cm³/mol. The van der Waals surface area contributed by atoms with Gasteiger partial charge in [0.05, 0.1) is 5.75 Å². The molecule has 0 bridgehead atoms. The Kier molecular flexibility index (Phi) is 5.25. The molecule has 4 nitrogen and oxygen atoms in total. The SMILES string of the molecule is CC(C)(C)N1CCC(NS(=O)(=O)CCCl)CC1. The fourth-order valence-electron chi connectivity index (χ4n) is 2.08. The molecule has 0 radical (unpaired) electrons. The minimum absolute atomic E-state index is 0.00798. The molecule has 0 aromatic heterocycles. The minimum Gasteiger partial charge on any atom is -0.298 e. The number of piperidine rings is 1. The number of alkyl halides is 1. The molecule has 6 heteroatoms. The summed E-state index contributed by atoms with van der Waals surface area (Å²) in [5.74, 6) is 0.157. The Bertz CT molecular complexity index is 330. The summed E-state index contributed by atoms with van der Waals surface area (Å²) < 4.78 is 25.9. The van der Waals surface area contributed by atoms with Gasteiger partial charge in [-0.15, -0.1) is 11.6 Å². The van der Waals surface area contributed by atoms with Crippen molar-refractivity contribution < 1.29 is 8.42 Å². The second-order valence-electron chi connectivity index (χ2n) is 5.56. The van der Waals surface area contributed by atoms with E-state index in [0.29, 0.717) is 0 Å². The van der Waals surface area contributed by atoms with Crippen molar-refractivity contribution in [2.24, 2.45) is 0 Å². The number of rotatable bonds is 4. The van der Waals surface area contributed by atoms with Gasteiger partial charge in [0, 0.05) is 30.6 Å². The van der Waals surface area contributed by atoms with Gasteiger partial charge < -0.3 is 0 Å². The average Bonchev–Trinajstić information content (AvgIpc) is 2.16. The molecular weight excluding hydrogens is 260 g/mol. The number of halogens is 1. The zero-order valence-electron chi connectivity index (χ0n) is 10.9. The fourth-order valence-corrected chi connectivity index (χ4v) is 3.76. The average molecular weight is 283 g/mol. The lowest BCUT2D eigenvalue weighted by Crippen LogP contribution is -2.51. The monoisotopic (exact) mass is 282 g/mol. The molecule has 1 fully saturated rings. The first kappa shape index (κ1) is 15.2. The third-order valence-electron chi connectivity index (χ3n) is 3.14. The molecule has 1 rings (SSSR count). The molecule has 1 heterocycles. The van der Waals surface area contributed by atoms with Crippen molar-refractivity contribution in [3.63, 3.8) is 0 Å². The van der Waals surface area contributed by atoms with Gasteiger partial charge in [0.2, 0.25) is 10.0 Å². The lowest BCUT2D eigenvalue weighted by atomic mass is 9.99. The summed E-state index contributed by atoms with van der Waals surface area (Å²) >= 11 is 5.46. The van der Waals surface area contributed by atoms with Crippen molar-refractivity contribution in [1.29, 1.82) is 0 Å². The Balaban J connectivity index is 2.43. The standard InChI is InChI=1S/C11H23ClN2O2S/c1-11(2,3)14-7-4-10(5-8-14)13-17(15,16)9-6-12/h10,13H,4-9H2,1-3H3. The lowest BCUT2D eigenvalue weighted by Gasteiger charge is -2.40. The van der Waals surface area contributed by atoms with Crippen LogP contribution in [0, 0.1) is 0 Å². The third-order valence-corrected chi connectivity index (χ3v) is 4.98. The summed E-state index contributed by atoms with van der Waals surface area (Å²) in [6, 6.07) is 0.0711. The third kappa shape index (κ3) is 5.12. The maximum Gasteiger partial charge on any atom is 0.213 e. The van der Waals surface area contributed by atoms with E-state index in [4.69, 9.17) is 11.6 Å². The highest BCUT2D eigenvalue weighted by atomic mass is 35.5. The molecule has 0 atom stereocenters. The molecule has 1 aliphatic rings. The second-order valence-corrected chi connectivity index (χ2v) is 7.81. The van der Waals surface area contributed by atoms with E-state index >= 15 is 0 Å². The van der Waals surface area contributed by atoms with Gasteiger partial charge in [-0.05, 0) is 33.6 Å². The fraction of sp³-hybridized carbons (Fsp3) is 1.00. The van der Waals surface area contributed by atoms with Crippen molar-refractivity contribution in [3.05, 3.63) is 0 Å². The van der Waals surface area contributed by atoms with Crippen LogP contribution < -0.4 is 4.72 Å². The summed E-state index contributed by atoms with van der Waals surface area (Å²) in [5.41, 5.74) is 0.167. The van der Waals surface area contributed by atoms with Crippen molar-refractivity contribution in [3.8, 4) is 0 Å². The highest BCUT2D eigenvalue weighted by molar-refractivity contribution is 7.89. The van der Waals surface area contributed by atoms with Gasteiger partial charge >= 0.3 is 0 Å². The van der Waals surface area contributed by atoms with Crippen LogP contribution in [0.5, 0.6) is 0 Å². The molecule has 1 saturated heterocycles. The van der Waals surface area contributed by atoms with E-state index in [-0.39, 0.29) is 23.2 Å². The highest BCUT2D eigenvalue weighted by Crippen LogP contribution is 2.20. The van der Waals surface area contributed by atoms with Crippen LogP contribution in [0.1, 0.15) is 33.6 Å². The summed E-state index contributed by atoms with van der Waals surface area (Å²) in [6.07, 6.45) is 1.75. The topological polar surface area (TPSA) is 49.4 Å². The summed E-state index contributed by atoms with van der Waals surface area (Å²) in [7, 11) is -3.18. The van der Waals surface area contributed by atoms with Gasteiger partial charge in [0.25, 0.3) is 0 Å². The molecule has 1 N–H and O–H groups in total. The summed E-state index contributed by atoms with van der Waals surface area (Å²) in [4.78, 5) is 2.39. The summed E-state index contributed by atoms with van der Waals surface area (Å²) in [6.45, 7) is 8.44. The molecule has 17 heavy (non-hydrogen) atoms. The van der Waals surface area contributed by atoms with Gasteiger partial charge in [-0.1, -0.05) is 0 Å². The molecule has 0 aromatic carbocycles. The Hall–Kier alpha value is 0.160. The van der Waals surface area contributed by atoms with Crippen molar-refractivity contribution in [1.82, 2.24) is 9.62 Å². The smallest absolute Gasteiger partial charge is 0.213 e. The van der Waals surface area contributed by atoms with Crippen molar-refractivity contribution in [2.45, 2.75) is 45.2 Å². The summed E-state index contributed by atoms with van der Waals surface area (Å²) in [5, 5.41) is 0. The minimum atomic E-state index is -3.18. The Morgan fingerprint density at radius 2 is 1.82 bits per heavy atom. The highest BCUT2D eigenvalue weighted by Gasteiger charge is 2.28. The first-order valence-electron chi connectivity index (χ1n) is 6.05. The van der Waals surface area contributed by atoms with E-state index in [1.807, 2.05) is 0 Å². The van der Waals surface area contributed by atoms with Crippen LogP contribution in [0.25, 0.3) is 0 Å². The predicted octanol–water partition coefficient (Wildman–Crippen LogP) is 1.41. The van der Waals surface area contributed by atoms with E-state index in [1.54, 1.807) is 0 Å². The maximum atomic E-state index is 11.6. The Labute approximate surface area is 110 Å². The molecule has 0 spiro atoms. The van der Waals surface area contributed by atoms with E-state index in [2.05, 4.69) is 30.4 Å². The van der Waals surface area contributed by atoms with Crippen LogP contribution in [0.3, 0.4) is 0 Å². The molecule has 0 unspecified atom stereocenters. The molecule has 1 aliphatic heterocycles. The zero-order chi connectivity index (χ0) is 13.1. The van der Waals surface area contributed by atoms with Crippen LogP contribution in [0.4, 0.5) is 0 Å². The number of nitrogens with one attached hydrogen (secondary N) is 1. The first-order chi connectivity index (χ1) is 7.74. The van der Waals surface area contributed by atoms with Gasteiger partial charge in [-0.3, -0.25) is 4.90 Å². The van der Waals surface area contributed by atoms with Crippen molar-refractivity contribution in [2.75, 3.05) is 24.7 Å².